The van der Waals surface area contributed by atoms with Crippen molar-refractivity contribution in [2.75, 3.05) is 11.2 Å². The lowest BCUT2D eigenvalue weighted by atomic mass is 10.2. The second-order valence-electron chi connectivity index (χ2n) is 5.42. The molecule has 26 heavy (non-hydrogen) atoms. The Bertz CT molecular complexity index is 948. The Kier molecular flexibility index (Phi) is 5.43. The molecule has 9 heteroatoms. The number of amides is 1. The number of nitrogens with two attached hydrogens (primary N) is 1. The second kappa shape index (κ2) is 7.76. The molecule has 3 rings (SSSR count). The fourth-order valence-corrected chi connectivity index (χ4v) is 3.14. The first kappa shape index (κ1) is 18.2. The average molecular weight is 392 g/mol. The van der Waals surface area contributed by atoms with Gasteiger partial charge in [-0.15, -0.1) is 10.2 Å². The van der Waals surface area contributed by atoms with Crippen LogP contribution in [0.3, 0.4) is 0 Å². The number of thioether (sulfide) groups is 1. The third kappa shape index (κ3) is 3.97. The van der Waals surface area contributed by atoms with Crippen LogP contribution in [0.5, 0.6) is 0 Å². The van der Waals surface area contributed by atoms with Crippen molar-refractivity contribution in [2.45, 2.75) is 17.3 Å². The average Bonchev–Trinajstić information content (AvgIpc) is 2.97. The van der Waals surface area contributed by atoms with Crippen molar-refractivity contribution >= 4 is 35.0 Å². The Balaban J connectivity index is 1.73. The molecule has 6 nitrogen and oxygen atoms in total. The molecule has 0 saturated heterocycles. The van der Waals surface area contributed by atoms with Crippen LogP contribution in [-0.4, -0.2) is 26.0 Å². The zero-order valence-electron chi connectivity index (χ0n) is 13.7. The molecule has 0 aliphatic carbocycles. The number of nitrogen functional groups attached to an aromatic ring is 1. The van der Waals surface area contributed by atoms with Gasteiger partial charge in [-0.25, -0.2) is 9.07 Å². The van der Waals surface area contributed by atoms with Crippen LogP contribution < -0.4 is 11.2 Å². The number of nitrogens with zero attached hydrogens (tertiary/aromatic N) is 3. The molecule has 0 spiro atoms. The standard InChI is InChI=1S/C17H15ClFN5OS/c1-10(16(25)21-14-8-3-2-7-13(14)18)26-17-23-22-15(24(17)20)11-5-4-6-12(19)9-11/h2-10H,20H2,1H3,(H,21,25)/t10-/m0/s1. The number of carbonyl (C=O) groups excluding carboxylic acids is 1. The van der Waals surface area contributed by atoms with Crippen molar-refractivity contribution in [3.63, 3.8) is 0 Å². The van der Waals surface area contributed by atoms with Crippen molar-refractivity contribution < 1.29 is 9.18 Å². The Morgan fingerprint density at radius 1 is 1.27 bits per heavy atom. The van der Waals surface area contributed by atoms with Crippen molar-refractivity contribution in [3.8, 4) is 11.4 Å². The van der Waals surface area contributed by atoms with E-state index >= 15 is 0 Å². The summed E-state index contributed by atoms with van der Waals surface area (Å²) in [5.41, 5.74) is 1.03. The fraction of sp³-hybridized carbons (Fsp3) is 0.118. The van der Waals surface area contributed by atoms with Crippen LogP contribution in [0, 0.1) is 5.82 Å². The number of anilines is 1. The molecule has 0 aliphatic rings. The maximum atomic E-state index is 13.4. The quantitative estimate of drug-likeness (QED) is 0.513. The Morgan fingerprint density at radius 3 is 2.77 bits per heavy atom. The minimum absolute atomic E-state index is 0.251. The number of carbonyl (C=O) groups is 1. The highest BCUT2D eigenvalue weighted by atomic mass is 35.5. The highest BCUT2D eigenvalue weighted by Gasteiger charge is 2.20. The fourth-order valence-electron chi connectivity index (χ4n) is 2.19. The molecular formula is C17H15ClFN5OS. The van der Waals surface area contributed by atoms with Crippen molar-refractivity contribution in [3.05, 3.63) is 59.4 Å². The Hall–Kier alpha value is -2.58. The van der Waals surface area contributed by atoms with Gasteiger partial charge in [-0.2, -0.15) is 0 Å². The molecule has 0 bridgehead atoms. The van der Waals surface area contributed by atoms with Gasteiger partial charge in [0.25, 0.3) is 0 Å². The van der Waals surface area contributed by atoms with Crippen LogP contribution in [0.25, 0.3) is 11.4 Å². The molecule has 0 saturated carbocycles. The predicted octanol–water partition coefficient (Wildman–Crippen LogP) is 3.57. The summed E-state index contributed by atoms with van der Waals surface area (Å²) in [5, 5.41) is 11.0. The van der Waals surface area contributed by atoms with Gasteiger partial charge in [0, 0.05) is 5.56 Å². The topological polar surface area (TPSA) is 85.8 Å². The monoisotopic (exact) mass is 391 g/mol. The lowest BCUT2D eigenvalue weighted by Crippen LogP contribution is -2.23. The zero-order valence-corrected chi connectivity index (χ0v) is 15.3. The number of nitrogens with one attached hydrogen (secondary N) is 1. The van der Waals surface area contributed by atoms with Crippen LogP contribution in [-0.2, 0) is 4.79 Å². The first-order valence-electron chi connectivity index (χ1n) is 7.64. The summed E-state index contributed by atoms with van der Waals surface area (Å²) in [7, 11) is 0. The van der Waals surface area contributed by atoms with Gasteiger partial charge in [0.05, 0.1) is 16.0 Å². The molecule has 3 aromatic rings. The van der Waals surface area contributed by atoms with Gasteiger partial charge < -0.3 is 11.2 Å². The van der Waals surface area contributed by atoms with E-state index in [1.807, 2.05) is 0 Å². The lowest BCUT2D eigenvalue weighted by molar-refractivity contribution is -0.115. The minimum Gasteiger partial charge on any atom is -0.335 e. The molecule has 0 radical (unpaired) electrons. The van der Waals surface area contributed by atoms with E-state index in [-0.39, 0.29) is 5.91 Å². The van der Waals surface area contributed by atoms with E-state index in [9.17, 15) is 9.18 Å². The van der Waals surface area contributed by atoms with Crippen LogP contribution in [0.2, 0.25) is 5.02 Å². The summed E-state index contributed by atoms with van der Waals surface area (Å²) in [6.07, 6.45) is 0. The number of hydrogen-bond donors (Lipinski definition) is 2. The van der Waals surface area contributed by atoms with Crippen LogP contribution >= 0.6 is 23.4 Å². The largest absolute Gasteiger partial charge is 0.335 e. The Morgan fingerprint density at radius 2 is 2.04 bits per heavy atom. The number of rotatable bonds is 5. The smallest absolute Gasteiger partial charge is 0.237 e. The van der Waals surface area contributed by atoms with Gasteiger partial charge in [0.2, 0.25) is 11.1 Å². The summed E-state index contributed by atoms with van der Waals surface area (Å²) < 4.78 is 14.6. The summed E-state index contributed by atoms with van der Waals surface area (Å²) in [5.74, 6) is 5.67. The molecule has 134 valence electrons. The molecule has 3 N–H and O–H groups in total. The lowest BCUT2D eigenvalue weighted by Gasteiger charge is -2.12. The third-order valence-electron chi connectivity index (χ3n) is 3.53. The van der Waals surface area contributed by atoms with E-state index in [2.05, 4.69) is 15.5 Å². The maximum Gasteiger partial charge on any atom is 0.237 e. The molecule has 0 aliphatic heterocycles. The zero-order chi connectivity index (χ0) is 18.7. The van der Waals surface area contributed by atoms with Gasteiger partial charge in [0.15, 0.2) is 5.82 Å². The SMILES string of the molecule is C[C@H](Sc1nnc(-c2cccc(F)c2)n1N)C(=O)Nc1ccccc1Cl. The molecule has 0 fully saturated rings. The number of benzene rings is 2. The van der Waals surface area contributed by atoms with E-state index in [0.717, 1.165) is 11.8 Å². The summed E-state index contributed by atoms with van der Waals surface area (Å²) in [4.78, 5) is 12.4. The molecule has 0 unspecified atom stereocenters. The van der Waals surface area contributed by atoms with E-state index in [1.54, 1.807) is 43.3 Å². The molecule has 1 heterocycles. The second-order valence-corrected chi connectivity index (χ2v) is 7.13. The number of aromatic nitrogens is 3. The van der Waals surface area contributed by atoms with Gasteiger partial charge in [-0.05, 0) is 31.2 Å². The highest BCUT2D eigenvalue weighted by Crippen LogP contribution is 2.27. The van der Waals surface area contributed by atoms with E-state index < -0.39 is 11.1 Å². The highest BCUT2D eigenvalue weighted by molar-refractivity contribution is 8.00. The Labute approximate surface area is 158 Å². The normalized spacial score (nSPS) is 12.0. The molecular weight excluding hydrogens is 377 g/mol. The maximum absolute atomic E-state index is 13.4. The number of halogens is 2. The molecule has 1 aromatic heterocycles. The van der Waals surface area contributed by atoms with Crippen LogP contribution in [0.15, 0.2) is 53.7 Å². The van der Waals surface area contributed by atoms with Gasteiger partial charge in [-0.3, -0.25) is 4.79 Å². The summed E-state index contributed by atoms with van der Waals surface area (Å²) >= 11 is 7.18. The minimum atomic E-state index is -0.502. The molecule has 1 amide bonds. The van der Waals surface area contributed by atoms with Gasteiger partial charge in [-0.1, -0.05) is 47.6 Å². The van der Waals surface area contributed by atoms with E-state index in [1.165, 1.54) is 16.8 Å². The summed E-state index contributed by atoms with van der Waals surface area (Å²) in [6.45, 7) is 1.72. The van der Waals surface area contributed by atoms with Crippen molar-refractivity contribution in [1.82, 2.24) is 14.9 Å². The molecule has 2 aromatic carbocycles. The van der Waals surface area contributed by atoms with Crippen molar-refractivity contribution in [1.29, 1.82) is 0 Å². The van der Waals surface area contributed by atoms with Gasteiger partial charge >= 0.3 is 0 Å². The number of para-hydroxylation sites is 1. The van der Waals surface area contributed by atoms with Crippen molar-refractivity contribution in [2.24, 2.45) is 0 Å². The van der Waals surface area contributed by atoms with Crippen LogP contribution in [0.4, 0.5) is 10.1 Å². The summed E-state index contributed by atoms with van der Waals surface area (Å²) in [6, 6.07) is 12.8. The van der Waals surface area contributed by atoms with Crippen LogP contribution in [0.1, 0.15) is 6.92 Å². The van der Waals surface area contributed by atoms with Gasteiger partial charge in [0.1, 0.15) is 5.82 Å². The van der Waals surface area contributed by atoms with E-state index in [0.29, 0.717) is 27.3 Å². The molecule has 1 atom stereocenters. The number of hydrogen-bond acceptors (Lipinski definition) is 5. The first-order chi connectivity index (χ1) is 12.5. The predicted molar refractivity (Wildman–Crippen MR) is 101 cm³/mol. The van der Waals surface area contributed by atoms with E-state index in [4.69, 9.17) is 17.4 Å². The third-order valence-corrected chi connectivity index (χ3v) is 4.92. The first-order valence-corrected chi connectivity index (χ1v) is 8.90.